The fraction of sp³-hybridized carbons (Fsp3) is 0.700. The van der Waals surface area contributed by atoms with Crippen molar-refractivity contribution in [2.45, 2.75) is 58.9 Å². The summed E-state index contributed by atoms with van der Waals surface area (Å²) in [6.45, 7) is 11.5. The average molecular weight is 473 g/mol. The van der Waals surface area contributed by atoms with Crippen LogP contribution in [0.3, 0.4) is 0 Å². The van der Waals surface area contributed by atoms with Gasteiger partial charge in [-0.1, -0.05) is 12.5 Å². The molecule has 2 N–H and O–H groups in total. The molecule has 1 aliphatic heterocycles. The first-order chi connectivity index (χ1) is 12.2. The zero-order valence-corrected chi connectivity index (χ0v) is 19.0. The predicted octanol–water partition coefficient (Wildman–Crippen LogP) is 3.37. The van der Waals surface area contributed by atoms with Gasteiger partial charge in [0.05, 0.1) is 0 Å². The van der Waals surface area contributed by atoms with Crippen LogP contribution in [0.4, 0.5) is 0 Å². The normalized spacial score (nSPS) is 18.3. The summed E-state index contributed by atoms with van der Waals surface area (Å²) in [6, 6.07) is 4.96. The van der Waals surface area contributed by atoms with Gasteiger partial charge in [-0.05, 0) is 64.6 Å². The Hall–Kier alpha value is -0.890. The summed E-state index contributed by atoms with van der Waals surface area (Å²) < 4.78 is 0. The quantitative estimate of drug-likeness (QED) is 0.263. The van der Waals surface area contributed by atoms with Crippen molar-refractivity contribution in [3.8, 4) is 0 Å². The fourth-order valence-corrected chi connectivity index (χ4v) is 3.27. The van der Waals surface area contributed by atoms with E-state index in [-0.39, 0.29) is 24.0 Å². The molecule has 0 radical (unpaired) electrons. The molecular weight excluding hydrogens is 437 g/mol. The molecule has 26 heavy (non-hydrogen) atoms. The minimum atomic E-state index is 0. The summed E-state index contributed by atoms with van der Waals surface area (Å²) in [7, 11) is 0. The van der Waals surface area contributed by atoms with E-state index in [4.69, 9.17) is 4.99 Å². The van der Waals surface area contributed by atoms with Crippen molar-refractivity contribution in [2.75, 3.05) is 32.7 Å². The molecule has 1 saturated heterocycles. The van der Waals surface area contributed by atoms with Gasteiger partial charge in [0.25, 0.3) is 0 Å². The second-order valence-electron chi connectivity index (χ2n) is 6.98. The van der Waals surface area contributed by atoms with E-state index in [0.717, 1.165) is 50.2 Å². The third-order valence-electron chi connectivity index (χ3n) is 4.84. The highest BCUT2D eigenvalue weighted by atomic mass is 127. The molecule has 1 atom stereocenters. The van der Waals surface area contributed by atoms with Gasteiger partial charge in [0.1, 0.15) is 0 Å². The molecule has 1 aromatic rings. The Balaban J connectivity index is 0.00000338. The van der Waals surface area contributed by atoms with E-state index in [2.05, 4.69) is 46.5 Å². The average Bonchev–Trinajstić information content (AvgIpc) is 2.61. The second-order valence-corrected chi connectivity index (χ2v) is 6.98. The van der Waals surface area contributed by atoms with E-state index in [1.807, 2.05) is 13.1 Å². The number of pyridine rings is 1. The Morgan fingerprint density at radius 2 is 2.15 bits per heavy atom. The van der Waals surface area contributed by atoms with E-state index >= 15 is 0 Å². The van der Waals surface area contributed by atoms with Crippen molar-refractivity contribution >= 4 is 29.9 Å². The fourth-order valence-electron chi connectivity index (χ4n) is 3.27. The highest BCUT2D eigenvalue weighted by Crippen LogP contribution is 2.16. The maximum atomic E-state index is 4.72. The second kappa shape index (κ2) is 13.3. The number of rotatable bonds is 8. The van der Waals surface area contributed by atoms with Crippen LogP contribution in [0.5, 0.6) is 0 Å². The summed E-state index contributed by atoms with van der Waals surface area (Å²) >= 11 is 0. The molecule has 2 rings (SSSR count). The minimum Gasteiger partial charge on any atom is -0.357 e. The Kier molecular flexibility index (Phi) is 11.8. The summed E-state index contributed by atoms with van der Waals surface area (Å²) in [5.74, 6) is 0.925. The Labute approximate surface area is 176 Å². The maximum Gasteiger partial charge on any atom is 0.191 e. The molecule has 0 spiro atoms. The van der Waals surface area contributed by atoms with Crippen molar-refractivity contribution in [3.63, 3.8) is 0 Å². The topological polar surface area (TPSA) is 52.6 Å². The molecule has 0 amide bonds. The van der Waals surface area contributed by atoms with Gasteiger partial charge in [-0.3, -0.25) is 9.98 Å². The van der Waals surface area contributed by atoms with E-state index in [0.29, 0.717) is 0 Å². The van der Waals surface area contributed by atoms with Crippen LogP contribution in [0.15, 0.2) is 23.3 Å². The third-order valence-corrected chi connectivity index (χ3v) is 4.84. The molecule has 0 aromatic carbocycles. The molecule has 6 heteroatoms. The van der Waals surface area contributed by atoms with Gasteiger partial charge in [0, 0.05) is 44.1 Å². The molecule has 0 saturated carbocycles. The predicted molar refractivity (Wildman–Crippen MR) is 122 cm³/mol. The number of likely N-dealkylation sites (tertiary alicyclic amines) is 1. The number of hydrogen-bond acceptors (Lipinski definition) is 3. The van der Waals surface area contributed by atoms with Crippen LogP contribution in [0.1, 0.15) is 50.8 Å². The first kappa shape index (κ1) is 23.1. The van der Waals surface area contributed by atoms with Crippen LogP contribution >= 0.6 is 24.0 Å². The highest BCUT2D eigenvalue weighted by molar-refractivity contribution is 14.0. The van der Waals surface area contributed by atoms with Crippen molar-refractivity contribution in [1.29, 1.82) is 0 Å². The van der Waals surface area contributed by atoms with Crippen LogP contribution in [0.25, 0.3) is 0 Å². The lowest BCUT2D eigenvalue weighted by molar-refractivity contribution is 0.160. The zero-order valence-electron chi connectivity index (χ0n) is 16.6. The summed E-state index contributed by atoms with van der Waals surface area (Å²) in [6.07, 6.45) is 8.14. The molecule has 1 unspecified atom stereocenters. The van der Waals surface area contributed by atoms with E-state index in [1.54, 1.807) is 0 Å². The Morgan fingerprint density at radius 1 is 1.31 bits per heavy atom. The van der Waals surface area contributed by atoms with Crippen molar-refractivity contribution in [1.82, 2.24) is 20.5 Å². The van der Waals surface area contributed by atoms with Gasteiger partial charge in [0.2, 0.25) is 0 Å². The minimum absolute atomic E-state index is 0. The largest absolute Gasteiger partial charge is 0.357 e. The summed E-state index contributed by atoms with van der Waals surface area (Å²) in [4.78, 5) is 11.7. The molecular formula is C20H36IN5. The van der Waals surface area contributed by atoms with Gasteiger partial charge in [0.15, 0.2) is 5.96 Å². The molecule has 0 bridgehead atoms. The molecule has 1 fully saturated rings. The first-order valence-electron chi connectivity index (χ1n) is 9.87. The summed E-state index contributed by atoms with van der Waals surface area (Å²) in [5, 5.41) is 6.76. The lowest BCUT2D eigenvalue weighted by Gasteiger charge is -2.33. The van der Waals surface area contributed by atoms with Crippen LogP contribution < -0.4 is 10.6 Å². The Morgan fingerprint density at radius 3 is 2.85 bits per heavy atom. The van der Waals surface area contributed by atoms with E-state index in [9.17, 15) is 0 Å². The molecule has 1 aromatic heterocycles. The van der Waals surface area contributed by atoms with Crippen molar-refractivity contribution in [3.05, 3.63) is 29.6 Å². The Bertz CT molecular complexity index is 517. The molecule has 5 nitrogen and oxygen atoms in total. The SMILES string of the molecule is CCNC(=NCCCN1CCCCC1C)NCCc1ccc(C)nc1.I. The number of aliphatic imine (C=N–C) groups is 1. The number of nitrogens with one attached hydrogen (secondary N) is 2. The molecule has 2 heterocycles. The first-order valence-corrected chi connectivity index (χ1v) is 9.87. The zero-order chi connectivity index (χ0) is 17.9. The molecule has 1 aliphatic rings. The van der Waals surface area contributed by atoms with Crippen LogP contribution in [0.2, 0.25) is 0 Å². The van der Waals surface area contributed by atoms with Gasteiger partial charge in [-0.15, -0.1) is 24.0 Å². The lowest BCUT2D eigenvalue weighted by Crippen LogP contribution is -2.39. The third kappa shape index (κ3) is 8.66. The number of nitrogens with zero attached hydrogens (tertiary/aromatic N) is 3. The van der Waals surface area contributed by atoms with Gasteiger partial charge in [-0.25, -0.2) is 0 Å². The van der Waals surface area contributed by atoms with Gasteiger partial charge >= 0.3 is 0 Å². The van der Waals surface area contributed by atoms with Crippen LogP contribution in [-0.4, -0.2) is 54.6 Å². The van der Waals surface area contributed by atoms with Crippen molar-refractivity contribution in [2.24, 2.45) is 4.99 Å². The van der Waals surface area contributed by atoms with Crippen molar-refractivity contribution < 1.29 is 0 Å². The lowest BCUT2D eigenvalue weighted by atomic mass is 10.0. The number of guanidine groups is 1. The van der Waals surface area contributed by atoms with E-state index in [1.165, 1.54) is 37.9 Å². The number of halogens is 1. The monoisotopic (exact) mass is 473 g/mol. The van der Waals surface area contributed by atoms with Crippen LogP contribution in [0, 0.1) is 6.92 Å². The van der Waals surface area contributed by atoms with E-state index < -0.39 is 0 Å². The maximum absolute atomic E-state index is 4.72. The number of aromatic nitrogens is 1. The summed E-state index contributed by atoms with van der Waals surface area (Å²) in [5.41, 5.74) is 2.32. The standard InChI is InChI=1S/C20H35N5.HI/c1-4-21-20(23-13-11-19-10-9-17(2)24-16-19)22-12-7-15-25-14-6-5-8-18(25)3;/h9-10,16,18H,4-8,11-15H2,1-3H3,(H2,21,22,23);1H. The van der Waals surface area contributed by atoms with Crippen LogP contribution in [-0.2, 0) is 6.42 Å². The highest BCUT2D eigenvalue weighted by Gasteiger charge is 2.16. The number of piperidine rings is 1. The molecule has 0 aliphatic carbocycles. The van der Waals surface area contributed by atoms with Gasteiger partial charge < -0.3 is 15.5 Å². The number of hydrogen-bond donors (Lipinski definition) is 2. The number of aryl methyl sites for hydroxylation is 1. The molecule has 148 valence electrons. The smallest absolute Gasteiger partial charge is 0.191 e. The van der Waals surface area contributed by atoms with Gasteiger partial charge in [-0.2, -0.15) is 0 Å².